The third kappa shape index (κ3) is 9.07. The van der Waals surface area contributed by atoms with E-state index < -0.39 is 35.5 Å². The predicted molar refractivity (Wildman–Crippen MR) is 93.8 cm³/mol. The molecule has 0 radical (unpaired) electrons. The lowest BCUT2D eigenvalue weighted by Gasteiger charge is -2.30. The van der Waals surface area contributed by atoms with Crippen molar-refractivity contribution in [1.29, 1.82) is 0 Å². The first-order valence-electron chi connectivity index (χ1n) is 8.84. The molecule has 0 aromatic rings. The SMILES string of the molecule is CCCNC(=O)CC(CC(=O)O)(CC(=O)NCCC)C(=O)NCCC. The Morgan fingerprint density at radius 3 is 1.48 bits per heavy atom. The zero-order valence-electron chi connectivity index (χ0n) is 15.4. The highest BCUT2D eigenvalue weighted by atomic mass is 16.4. The summed E-state index contributed by atoms with van der Waals surface area (Å²) >= 11 is 0. The molecular formula is C17H31N3O5. The first-order valence-corrected chi connectivity index (χ1v) is 8.84. The van der Waals surface area contributed by atoms with Gasteiger partial charge in [-0.05, 0) is 19.3 Å². The molecule has 0 fully saturated rings. The summed E-state index contributed by atoms with van der Waals surface area (Å²) in [6.45, 7) is 6.85. The van der Waals surface area contributed by atoms with Crippen LogP contribution in [0.25, 0.3) is 0 Å². The largest absolute Gasteiger partial charge is 0.481 e. The fourth-order valence-electron chi connectivity index (χ4n) is 2.41. The van der Waals surface area contributed by atoms with Crippen LogP contribution in [0.15, 0.2) is 0 Å². The van der Waals surface area contributed by atoms with Crippen LogP contribution in [-0.2, 0) is 19.2 Å². The first kappa shape index (κ1) is 22.9. The average Bonchev–Trinajstić information content (AvgIpc) is 2.54. The number of hydrogen-bond donors (Lipinski definition) is 4. The van der Waals surface area contributed by atoms with Crippen LogP contribution in [0, 0.1) is 5.41 Å². The average molecular weight is 357 g/mol. The second-order valence-corrected chi connectivity index (χ2v) is 6.16. The Bertz CT molecular complexity index is 443. The van der Waals surface area contributed by atoms with E-state index in [0.29, 0.717) is 26.1 Å². The summed E-state index contributed by atoms with van der Waals surface area (Å²) in [6.07, 6.45) is 0.844. The summed E-state index contributed by atoms with van der Waals surface area (Å²) < 4.78 is 0. The Labute approximate surface area is 149 Å². The number of carboxylic acids is 1. The zero-order chi connectivity index (χ0) is 19.3. The smallest absolute Gasteiger partial charge is 0.304 e. The molecule has 0 aromatic heterocycles. The monoisotopic (exact) mass is 357 g/mol. The van der Waals surface area contributed by atoms with E-state index in [0.717, 1.165) is 12.8 Å². The summed E-state index contributed by atoms with van der Waals surface area (Å²) in [4.78, 5) is 48.3. The maximum absolute atomic E-state index is 12.6. The Hall–Kier alpha value is -2.12. The molecular weight excluding hydrogens is 326 g/mol. The lowest BCUT2D eigenvalue weighted by molar-refractivity contribution is -0.149. The second-order valence-electron chi connectivity index (χ2n) is 6.16. The second kappa shape index (κ2) is 12.3. The van der Waals surface area contributed by atoms with Gasteiger partial charge in [-0.25, -0.2) is 0 Å². The lowest BCUT2D eigenvalue weighted by atomic mass is 9.76. The highest BCUT2D eigenvalue weighted by Gasteiger charge is 2.44. The van der Waals surface area contributed by atoms with Gasteiger partial charge in [0.1, 0.15) is 0 Å². The molecule has 0 spiro atoms. The van der Waals surface area contributed by atoms with E-state index in [1.54, 1.807) is 0 Å². The zero-order valence-corrected chi connectivity index (χ0v) is 15.4. The molecule has 0 aromatic carbocycles. The molecule has 0 unspecified atom stereocenters. The van der Waals surface area contributed by atoms with Crippen LogP contribution in [0.3, 0.4) is 0 Å². The molecule has 0 atom stereocenters. The van der Waals surface area contributed by atoms with E-state index in [2.05, 4.69) is 16.0 Å². The number of carbonyl (C=O) groups excluding carboxylic acids is 3. The molecule has 4 N–H and O–H groups in total. The highest BCUT2D eigenvalue weighted by molar-refractivity contribution is 5.95. The molecule has 0 rings (SSSR count). The molecule has 0 aliphatic rings. The number of hydrogen-bond acceptors (Lipinski definition) is 4. The van der Waals surface area contributed by atoms with Crippen LogP contribution >= 0.6 is 0 Å². The minimum atomic E-state index is -1.60. The maximum Gasteiger partial charge on any atom is 0.304 e. The summed E-state index contributed by atoms with van der Waals surface area (Å²) in [7, 11) is 0. The number of rotatable bonds is 13. The van der Waals surface area contributed by atoms with Crippen molar-refractivity contribution in [2.45, 2.75) is 59.3 Å². The van der Waals surface area contributed by atoms with Crippen molar-refractivity contribution in [1.82, 2.24) is 16.0 Å². The van der Waals surface area contributed by atoms with E-state index in [4.69, 9.17) is 0 Å². The van der Waals surface area contributed by atoms with Gasteiger partial charge in [0.05, 0.1) is 11.8 Å². The lowest BCUT2D eigenvalue weighted by Crippen LogP contribution is -2.48. The molecule has 8 nitrogen and oxygen atoms in total. The molecule has 0 aliphatic heterocycles. The summed E-state index contributed by atoms with van der Waals surface area (Å²) in [5, 5.41) is 17.2. The van der Waals surface area contributed by atoms with Gasteiger partial charge in [-0.3, -0.25) is 19.2 Å². The summed E-state index contributed by atoms with van der Waals surface area (Å²) in [6, 6.07) is 0. The van der Waals surface area contributed by atoms with E-state index in [1.807, 2.05) is 20.8 Å². The molecule has 0 saturated heterocycles. The van der Waals surface area contributed by atoms with Gasteiger partial charge < -0.3 is 21.1 Å². The molecule has 8 heteroatoms. The summed E-state index contributed by atoms with van der Waals surface area (Å²) in [5.74, 6) is -2.66. The van der Waals surface area contributed by atoms with Crippen LogP contribution < -0.4 is 16.0 Å². The minimum absolute atomic E-state index is 0.339. The molecule has 144 valence electrons. The molecule has 25 heavy (non-hydrogen) atoms. The van der Waals surface area contributed by atoms with Gasteiger partial charge in [-0.2, -0.15) is 0 Å². The Morgan fingerprint density at radius 2 is 1.12 bits per heavy atom. The predicted octanol–water partition coefficient (Wildman–Crippen LogP) is 0.806. The van der Waals surface area contributed by atoms with Gasteiger partial charge in [0.2, 0.25) is 17.7 Å². The Morgan fingerprint density at radius 1 is 0.720 bits per heavy atom. The normalized spacial score (nSPS) is 10.8. The van der Waals surface area contributed by atoms with Crippen LogP contribution in [0.2, 0.25) is 0 Å². The van der Waals surface area contributed by atoms with Gasteiger partial charge in [-0.1, -0.05) is 20.8 Å². The molecule has 0 bridgehead atoms. The van der Waals surface area contributed by atoms with Crippen LogP contribution in [0.1, 0.15) is 59.3 Å². The van der Waals surface area contributed by atoms with Crippen LogP contribution in [0.4, 0.5) is 0 Å². The van der Waals surface area contributed by atoms with Crippen molar-refractivity contribution in [3.05, 3.63) is 0 Å². The molecule has 3 amide bonds. The standard InChI is InChI=1S/C17H31N3O5/c1-4-7-18-13(21)10-17(12-15(23)24,16(25)20-9-6-3)11-14(22)19-8-5-2/h4-12H2,1-3H3,(H,18,21)(H,19,22)(H,20,25)(H,23,24). The van der Waals surface area contributed by atoms with Gasteiger partial charge in [0.15, 0.2) is 0 Å². The van der Waals surface area contributed by atoms with Gasteiger partial charge in [0.25, 0.3) is 0 Å². The van der Waals surface area contributed by atoms with Crippen molar-refractivity contribution in [3.63, 3.8) is 0 Å². The van der Waals surface area contributed by atoms with Gasteiger partial charge in [0, 0.05) is 32.5 Å². The van der Waals surface area contributed by atoms with Crippen molar-refractivity contribution in [2.24, 2.45) is 5.41 Å². The van der Waals surface area contributed by atoms with Crippen LogP contribution in [0.5, 0.6) is 0 Å². The number of amides is 3. The quantitative estimate of drug-likeness (QED) is 0.388. The Balaban J connectivity index is 5.46. The van der Waals surface area contributed by atoms with Crippen LogP contribution in [-0.4, -0.2) is 48.4 Å². The minimum Gasteiger partial charge on any atom is -0.481 e. The Kier molecular flexibility index (Phi) is 11.2. The fourth-order valence-corrected chi connectivity index (χ4v) is 2.41. The number of aliphatic carboxylic acids is 1. The third-order valence-corrected chi connectivity index (χ3v) is 3.65. The molecule has 0 aliphatic carbocycles. The first-order chi connectivity index (χ1) is 11.8. The highest BCUT2D eigenvalue weighted by Crippen LogP contribution is 2.32. The van der Waals surface area contributed by atoms with Crippen molar-refractivity contribution < 1.29 is 24.3 Å². The number of nitrogens with one attached hydrogen (secondary N) is 3. The molecule has 0 heterocycles. The fraction of sp³-hybridized carbons (Fsp3) is 0.765. The maximum atomic E-state index is 12.6. The van der Waals surface area contributed by atoms with E-state index in [1.165, 1.54) is 0 Å². The van der Waals surface area contributed by atoms with Gasteiger partial charge >= 0.3 is 5.97 Å². The van der Waals surface area contributed by atoms with Crippen molar-refractivity contribution in [2.75, 3.05) is 19.6 Å². The van der Waals surface area contributed by atoms with E-state index in [-0.39, 0.29) is 12.8 Å². The topological polar surface area (TPSA) is 125 Å². The van der Waals surface area contributed by atoms with Crippen molar-refractivity contribution in [3.8, 4) is 0 Å². The number of carbonyl (C=O) groups is 4. The number of carboxylic acid groups (broad SMARTS) is 1. The van der Waals surface area contributed by atoms with Crippen molar-refractivity contribution >= 4 is 23.7 Å². The van der Waals surface area contributed by atoms with Gasteiger partial charge in [-0.15, -0.1) is 0 Å². The van der Waals surface area contributed by atoms with E-state index >= 15 is 0 Å². The molecule has 0 saturated carbocycles. The third-order valence-electron chi connectivity index (χ3n) is 3.65. The van der Waals surface area contributed by atoms with E-state index in [9.17, 15) is 24.3 Å². The summed E-state index contributed by atoms with van der Waals surface area (Å²) in [5.41, 5.74) is -1.60.